The monoisotopic (exact) mass is 445 g/mol. The highest BCUT2D eigenvalue weighted by Crippen LogP contribution is 2.32. The highest BCUT2D eigenvalue weighted by Gasteiger charge is 2.32. The Kier molecular flexibility index (Phi) is 6.06. The maximum Gasteiger partial charge on any atom is 0.247 e. The average Bonchev–Trinajstić information content (AvgIpc) is 3.26. The van der Waals surface area contributed by atoms with Crippen molar-refractivity contribution in [2.24, 2.45) is 0 Å². The Hall–Kier alpha value is -2.78. The van der Waals surface area contributed by atoms with E-state index in [2.05, 4.69) is 10.2 Å². The van der Waals surface area contributed by atoms with Crippen LogP contribution in [0.5, 0.6) is 5.75 Å². The quantitative estimate of drug-likeness (QED) is 0.567. The first kappa shape index (κ1) is 21.5. The van der Waals surface area contributed by atoms with E-state index in [-0.39, 0.29) is 16.6 Å². The zero-order valence-electron chi connectivity index (χ0n) is 17.4. The third kappa shape index (κ3) is 4.47. The standard InChI is InChI=1S/C22H24FN3O4S/c1-3-29-20-9-8-19(14-15(20)2)31(27,28)26-12-10-17(11-13-26)22-25-24-21(30-22)16-4-6-18(23)7-5-16/h4-9,14,17H,3,10-13H2,1-2H3. The van der Waals surface area contributed by atoms with E-state index in [1.165, 1.54) is 16.4 Å². The van der Waals surface area contributed by atoms with Gasteiger partial charge in [-0.2, -0.15) is 4.31 Å². The van der Waals surface area contributed by atoms with Crippen LogP contribution in [0.1, 0.15) is 37.1 Å². The lowest BCUT2D eigenvalue weighted by molar-refractivity contribution is 0.291. The van der Waals surface area contributed by atoms with Gasteiger partial charge in [0.15, 0.2) is 0 Å². The van der Waals surface area contributed by atoms with Crippen LogP contribution in [-0.4, -0.2) is 42.6 Å². The zero-order valence-corrected chi connectivity index (χ0v) is 18.2. The summed E-state index contributed by atoms with van der Waals surface area (Å²) in [4.78, 5) is 0.267. The molecule has 2 aromatic carbocycles. The molecule has 2 heterocycles. The number of benzene rings is 2. The van der Waals surface area contributed by atoms with Crippen LogP contribution in [0.4, 0.5) is 4.39 Å². The summed E-state index contributed by atoms with van der Waals surface area (Å²) in [5.74, 6) is 1.15. The highest BCUT2D eigenvalue weighted by molar-refractivity contribution is 7.89. The molecule has 9 heteroatoms. The Bertz CT molecular complexity index is 1150. The molecule has 164 valence electrons. The van der Waals surface area contributed by atoms with Gasteiger partial charge in [0.2, 0.25) is 21.8 Å². The number of rotatable bonds is 6. The maximum atomic E-state index is 13.1. The third-order valence-electron chi connectivity index (χ3n) is 5.42. The van der Waals surface area contributed by atoms with Crippen molar-refractivity contribution in [3.05, 3.63) is 59.7 Å². The SMILES string of the molecule is CCOc1ccc(S(=O)(=O)N2CCC(c3nnc(-c4ccc(F)cc4)o3)CC2)cc1C. The molecule has 1 fully saturated rings. The molecule has 0 aliphatic carbocycles. The van der Waals surface area contributed by atoms with Crippen molar-refractivity contribution in [3.63, 3.8) is 0 Å². The second-order valence-electron chi connectivity index (χ2n) is 7.49. The van der Waals surface area contributed by atoms with Gasteiger partial charge in [-0.3, -0.25) is 0 Å². The van der Waals surface area contributed by atoms with Gasteiger partial charge >= 0.3 is 0 Å². The summed E-state index contributed by atoms with van der Waals surface area (Å²) in [5.41, 5.74) is 1.43. The lowest BCUT2D eigenvalue weighted by atomic mass is 9.98. The van der Waals surface area contributed by atoms with Gasteiger partial charge in [-0.25, -0.2) is 12.8 Å². The Morgan fingerprint density at radius 3 is 2.48 bits per heavy atom. The number of aromatic nitrogens is 2. The maximum absolute atomic E-state index is 13.1. The number of sulfonamides is 1. The number of hydrogen-bond donors (Lipinski definition) is 0. The second kappa shape index (κ2) is 8.76. The lowest BCUT2D eigenvalue weighted by Gasteiger charge is -2.29. The van der Waals surface area contributed by atoms with Crippen molar-refractivity contribution in [1.29, 1.82) is 0 Å². The summed E-state index contributed by atoms with van der Waals surface area (Å²) >= 11 is 0. The van der Waals surface area contributed by atoms with Gasteiger partial charge in [0, 0.05) is 24.6 Å². The van der Waals surface area contributed by atoms with Gasteiger partial charge in [-0.05, 0) is 74.7 Å². The molecule has 7 nitrogen and oxygen atoms in total. The molecular formula is C22H24FN3O4S. The molecule has 1 aromatic heterocycles. The molecule has 0 N–H and O–H groups in total. The molecule has 31 heavy (non-hydrogen) atoms. The van der Waals surface area contributed by atoms with Crippen molar-refractivity contribution in [2.75, 3.05) is 19.7 Å². The van der Waals surface area contributed by atoms with E-state index in [9.17, 15) is 12.8 Å². The Balaban J connectivity index is 1.44. The second-order valence-corrected chi connectivity index (χ2v) is 9.43. The summed E-state index contributed by atoms with van der Waals surface area (Å²) in [5, 5.41) is 8.19. The first-order chi connectivity index (χ1) is 14.9. The summed E-state index contributed by atoms with van der Waals surface area (Å²) in [6.07, 6.45) is 1.17. The highest BCUT2D eigenvalue weighted by atomic mass is 32.2. The van der Waals surface area contributed by atoms with Crippen LogP contribution < -0.4 is 4.74 Å². The van der Waals surface area contributed by atoms with Crippen LogP contribution in [0.25, 0.3) is 11.5 Å². The molecule has 0 amide bonds. The Labute approximate surface area is 180 Å². The largest absolute Gasteiger partial charge is 0.494 e. The molecule has 0 atom stereocenters. The first-order valence-corrected chi connectivity index (χ1v) is 11.7. The minimum Gasteiger partial charge on any atom is -0.494 e. The van der Waals surface area contributed by atoms with Gasteiger partial charge in [0.05, 0.1) is 11.5 Å². The number of hydrogen-bond acceptors (Lipinski definition) is 6. The minimum absolute atomic E-state index is 0.0183. The molecule has 1 aliphatic heterocycles. The molecule has 3 aromatic rings. The van der Waals surface area contributed by atoms with Crippen molar-refractivity contribution < 1.29 is 22.0 Å². The number of ether oxygens (including phenoxy) is 1. The first-order valence-electron chi connectivity index (χ1n) is 10.2. The van der Waals surface area contributed by atoms with Gasteiger partial charge in [-0.1, -0.05) is 0 Å². The van der Waals surface area contributed by atoms with Crippen LogP contribution in [0, 0.1) is 12.7 Å². The molecule has 0 radical (unpaired) electrons. The normalized spacial score (nSPS) is 15.8. The van der Waals surface area contributed by atoms with Crippen LogP contribution in [0.15, 0.2) is 51.8 Å². The van der Waals surface area contributed by atoms with E-state index in [1.807, 2.05) is 13.8 Å². The van der Waals surface area contributed by atoms with E-state index in [4.69, 9.17) is 9.15 Å². The molecular weight excluding hydrogens is 421 g/mol. The van der Waals surface area contributed by atoms with Crippen LogP contribution in [-0.2, 0) is 10.0 Å². The predicted molar refractivity (Wildman–Crippen MR) is 113 cm³/mol. The summed E-state index contributed by atoms with van der Waals surface area (Å²) in [6, 6.07) is 10.8. The van der Waals surface area contributed by atoms with Crippen LogP contribution in [0.2, 0.25) is 0 Å². The molecule has 1 aliphatic rings. The number of halogens is 1. The number of aryl methyl sites for hydroxylation is 1. The van der Waals surface area contributed by atoms with E-state index >= 15 is 0 Å². The number of nitrogens with zero attached hydrogens (tertiary/aromatic N) is 3. The summed E-state index contributed by atoms with van der Waals surface area (Å²) in [7, 11) is -3.59. The molecule has 0 spiro atoms. The van der Waals surface area contributed by atoms with E-state index in [0.29, 0.717) is 55.6 Å². The van der Waals surface area contributed by atoms with Crippen molar-refractivity contribution in [2.45, 2.75) is 37.5 Å². The fourth-order valence-corrected chi connectivity index (χ4v) is 5.26. The van der Waals surface area contributed by atoms with E-state index in [0.717, 1.165) is 5.56 Å². The predicted octanol–water partition coefficient (Wildman–Crippen LogP) is 4.15. The molecule has 0 unspecified atom stereocenters. The fraction of sp³-hybridized carbons (Fsp3) is 0.364. The van der Waals surface area contributed by atoms with Crippen molar-refractivity contribution in [1.82, 2.24) is 14.5 Å². The Morgan fingerprint density at radius 2 is 1.84 bits per heavy atom. The van der Waals surface area contributed by atoms with E-state index < -0.39 is 10.0 Å². The molecule has 1 saturated heterocycles. The topological polar surface area (TPSA) is 85.5 Å². The molecule has 0 bridgehead atoms. The van der Waals surface area contributed by atoms with E-state index in [1.54, 1.807) is 30.3 Å². The smallest absolute Gasteiger partial charge is 0.247 e. The lowest BCUT2D eigenvalue weighted by Crippen LogP contribution is -2.38. The Morgan fingerprint density at radius 1 is 1.13 bits per heavy atom. The van der Waals surface area contributed by atoms with Crippen molar-refractivity contribution in [3.8, 4) is 17.2 Å². The van der Waals surface area contributed by atoms with Gasteiger partial charge in [-0.15, -0.1) is 10.2 Å². The van der Waals surface area contributed by atoms with Crippen LogP contribution >= 0.6 is 0 Å². The van der Waals surface area contributed by atoms with Gasteiger partial charge < -0.3 is 9.15 Å². The van der Waals surface area contributed by atoms with Gasteiger partial charge in [0.1, 0.15) is 11.6 Å². The number of piperidine rings is 1. The van der Waals surface area contributed by atoms with Crippen LogP contribution in [0.3, 0.4) is 0 Å². The molecule has 0 saturated carbocycles. The summed E-state index contributed by atoms with van der Waals surface area (Å²) in [6.45, 7) is 4.99. The summed E-state index contributed by atoms with van der Waals surface area (Å²) < 4.78 is 52.0. The zero-order chi connectivity index (χ0) is 22.0. The van der Waals surface area contributed by atoms with Crippen molar-refractivity contribution >= 4 is 10.0 Å². The third-order valence-corrected chi connectivity index (χ3v) is 7.31. The fourth-order valence-electron chi connectivity index (χ4n) is 3.70. The molecule has 4 rings (SSSR count). The average molecular weight is 446 g/mol. The van der Waals surface area contributed by atoms with Gasteiger partial charge in [0.25, 0.3) is 0 Å². The minimum atomic E-state index is -3.59.